The van der Waals surface area contributed by atoms with Gasteiger partial charge in [0.2, 0.25) is 0 Å². The van der Waals surface area contributed by atoms with Crippen molar-refractivity contribution in [2.24, 2.45) is 0 Å². The molecule has 20 heavy (non-hydrogen) atoms. The van der Waals surface area contributed by atoms with Crippen LogP contribution in [0.25, 0.3) is 0 Å². The summed E-state index contributed by atoms with van der Waals surface area (Å²) in [7, 11) is 0. The van der Waals surface area contributed by atoms with E-state index in [2.05, 4.69) is 12.2 Å². The van der Waals surface area contributed by atoms with Crippen LogP contribution in [0, 0.1) is 6.92 Å². The van der Waals surface area contributed by atoms with E-state index in [-0.39, 0.29) is 11.9 Å². The van der Waals surface area contributed by atoms with Crippen molar-refractivity contribution in [3.63, 3.8) is 0 Å². The van der Waals surface area contributed by atoms with E-state index < -0.39 is 6.10 Å². The van der Waals surface area contributed by atoms with Gasteiger partial charge in [-0.25, -0.2) is 0 Å². The summed E-state index contributed by atoms with van der Waals surface area (Å²) < 4.78 is 5.66. The number of carbonyl (C=O) groups is 2. The molecule has 1 aromatic carbocycles. The second-order valence-corrected chi connectivity index (χ2v) is 5.07. The lowest BCUT2D eigenvalue weighted by Crippen LogP contribution is -2.41. The van der Waals surface area contributed by atoms with Gasteiger partial charge >= 0.3 is 0 Å². The normalized spacial score (nSPS) is 13.4. The molecule has 0 saturated carbocycles. The fourth-order valence-corrected chi connectivity index (χ4v) is 2.02. The Hall–Kier alpha value is -1.84. The third kappa shape index (κ3) is 4.37. The molecule has 2 atom stereocenters. The highest BCUT2D eigenvalue weighted by Gasteiger charge is 2.18. The molecule has 0 fully saturated rings. The van der Waals surface area contributed by atoms with Crippen molar-refractivity contribution < 1.29 is 14.3 Å². The lowest BCUT2D eigenvalue weighted by Gasteiger charge is -2.20. The molecule has 1 rings (SSSR count). The minimum absolute atomic E-state index is 0.126. The predicted molar refractivity (Wildman–Crippen MR) is 79.2 cm³/mol. The van der Waals surface area contributed by atoms with Crippen LogP contribution in [-0.4, -0.2) is 24.3 Å². The van der Waals surface area contributed by atoms with Crippen molar-refractivity contribution >= 4 is 12.2 Å². The SMILES string of the molecule is CCCC(C)NC(=O)C(C)Oc1c(C)cccc1C=O. The highest BCUT2D eigenvalue weighted by molar-refractivity contribution is 5.83. The topological polar surface area (TPSA) is 55.4 Å². The highest BCUT2D eigenvalue weighted by atomic mass is 16.5. The summed E-state index contributed by atoms with van der Waals surface area (Å²) in [4.78, 5) is 23.0. The van der Waals surface area contributed by atoms with Gasteiger partial charge in [-0.2, -0.15) is 0 Å². The van der Waals surface area contributed by atoms with Crippen molar-refractivity contribution in [2.75, 3.05) is 0 Å². The Balaban J connectivity index is 2.73. The number of aryl methyl sites for hydroxylation is 1. The van der Waals surface area contributed by atoms with Gasteiger partial charge in [0, 0.05) is 6.04 Å². The number of hydrogen-bond acceptors (Lipinski definition) is 3. The Morgan fingerprint density at radius 2 is 2.10 bits per heavy atom. The van der Waals surface area contributed by atoms with E-state index in [9.17, 15) is 9.59 Å². The average molecular weight is 277 g/mol. The van der Waals surface area contributed by atoms with E-state index in [4.69, 9.17) is 4.74 Å². The molecular formula is C16H23NO3. The van der Waals surface area contributed by atoms with Crippen LogP contribution in [0.2, 0.25) is 0 Å². The van der Waals surface area contributed by atoms with Crippen molar-refractivity contribution in [1.82, 2.24) is 5.32 Å². The molecule has 0 aliphatic heterocycles. The molecule has 110 valence electrons. The average Bonchev–Trinajstić information content (AvgIpc) is 2.41. The standard InChI is InChI=1S/C16H23NO3/c1-5-7-12(3)17-16(19)13(4)20-15-11(2)8-6-9-14(15)10-18/h6,8-10,12-13H,5,7H2,1-4H3,(H,17,19). The molecule has 0 spiro atoms. The Bertz CT molecular complexity index is 471. The molecule has 0 saturated heterocycles. The molecule has 1 aromatic rings. The van der Waals surface area contributed by atoms with Crippen LogP contribution in [0.5, 0.6) is 5.75 Å². The predicted octanol–water partition coefficient (Wildman–Crippen LogP) is 2.88. The number of aldehydes is 1. The van der Waals surface area contributed by atoms with E-state index in [1.54, 1.807) is 19.1 Å². The van der Waals surface area contributed by atoms with Crippen LogP contribution in [0.3, 0.4) is 0 Å². The molecule has 0 aliphatic rings. The van der Waals surface area contributed by atoms with Crippen molar-refractivity contribution in [2.45, 2.75) is 52.7 Å². The maximum Gasteiger partial charge on any atom is 0.260 e. The van der Waals surface area contributed by atoms with E-state index in [1.807, 2.05) is 19.9 Å². The molecule has 0 aromatic heterocycles. The number of hydrogen-bond donors (Lipinski definition) is 1. The van der Waals surface area contributed by atoms with Gasteiger partial charge in [0.25, 0.3) is 5.91 Å². The first-order valence-corrected chi connectivity index (χ1v) is 7.01. The van der Waals surface area contributed by atoms with E-state index >= 15 is 0 Å². The zero-order valence-corrected chi connectivity index (χ0v) is 12.6. The first-order chi connectivity index (χ1) is 9.49. The molecule has 0 radical (unpaired) electrons. The fraction of sp³-hybridized carbons (Fsp3) is 0.500. The maximum absolute atomic E-state index is 12.0. The Morgan fingerprint density at radius 1 is 1.40 bits per heavy atom. The van der Waals surface area contributed by atoms with Gasteiger partial charge in [-0.1, -0.05) is 25.5 Å². The van der Waals surface area contributed by atoms with Crippen LogP contribution >= 0.6 is 0 Å². The quantitative estimate of drug-likeness (QED) is 0.780. The summed E-state index contributed by atoms with van der Waals surface area (Å²) in [5.41, 5.74) is 1.31. The summed E-state index contributed by atoms with van der Waals surface area (Å²) in [6, 6.07) is 5.45. The van der Waals surface area contributed by atoms with E-state index in [0.29, 0.717) is 11.3 Å². The Kier molecular flexibility index (Phi) is 6.22. The van der Waals surface area contributed by atoms with Gasteiger partial charge in [-0.05, 0) is 38.8 Å². The molecule has 0 heterocycles. The molecule has 1 N–H and O–H groups in total. The summed E-state index contributed by atoms with van der Waals surface area (Å²) in [6.07, 6.45) is 2.06. The fourth-order valence-electron chi connectivity index (χ4n) is 2.02. The number of ether oxygens (including phenoxy) is 1. The maximum atomic E-state index is 12.0. The Morgan fingerprint density at radius 3 is 2.70 bits per heavy atom. The van der Waals surface area contributed by atoms with Crippen LogP contribution in [0.1, 0.15) is 49.5 Å². The number of amides is 1. The smallest absolute Gasteiger partial charge is 0.260 e. The van der Waals surface area contributed by atoms with Gasteiger partial charge in [-0.3, -0.25) is 9.59 Å². The van der Waals surface area contributed by atoms with Gasteiger partial charge in [0.05, 0.1) is 5.56 Å². The first kappa shape index (κ1) is 16.2. The van der Waals surface area contributed by atoms with Gasteiger partial charge < -0.3 is 10.1 Å². The summed E-state index contributed by atoms with van der Waals surface area (Å²) >= 11 is 0. The number of benzene rings is 1. The molecule has 2 unspecified atom stereocenters. The van der Waals surface area contributed by atoms with Gasteiger partial charge in [-0.15, -0.1) is 0 Å². The number of rotatable bonds is 7. The lowest BCUT2D eigenvalue weighted by atomic mass is 10.1. The molecule has 4 nitrogen and oxygen atoms in total. The summed E-state index contributed by atoms with van der Waals surface area (Å²) in [5.74, 6) is 0.319. The second kappa shape index (κ2) is 7.68. The highest BCUT2D eigenvalue weighted by Crippen LogP contribution is 2.23. The number of carbonyl (C=O) groups excluding carboxylic acids is 2. The third-order valence-electron chi connectivity index (χ3n) is 3.14. The largest absolute Gasteiger partial charge is 0.480 e. The van der Waals surface area contributed by atoms with Crippen LogP contribution in [0.4, 0.5) is 0 Å². The summed E-state index contributed by atoms with van der Waals surface area (Å²) in [5, 5.41) is 2.91. The number of para-hydroxylation sites is 1. The Labute approximate surface area is 120 Å². The zero-order chi connectivity index (χ0) is 15.1. The third-order valence-corrected chi connectivity index (χ3v) is 3.14. The van der Waals surface area contributed by atoms with Gasteiger partial charge in [0.15, 0.2) is 12.4 Å². The molecular weight excluding hydrogens is 254 g/mol. The second-order valence-electron chi connectivity index (χ2n) is 5.07. The lowest BCUT2D eigenvalue weighted by molar-refractivity contribution is -0.127. The minimum Gasteiger partial charge on any atom is -0.480 e. The molecule has 4 heteroatoms. The van der Waals surface area contributed by atoms with Crippen molar-refractivity contribution in [3.8, 4) is 5.75 Å². The minimum atomic E-state index is -0.630. The molecule has 0 bridgehead atoms. The van der Waals surface area contributed by atoms with E-state index in [0.717, 1.165) is 24.7 Å². The van der Waals surface area contributed by atoms with Crippen molar-refractivity contribution in [1.29, 1.82) is 0 Å². The summed E-state index contributed by atoms with van der Waals surface area (Å²) in [6.45, 7) is 7.59. The van der Waals surface area contributed by atoms with Crippen LogP contribution in [-0.2, 0) is 4.79 Å². The van der Waals surface area contributed by atoms with Crippen LogP contribution in [0.15, 0.2) is 18.2 Å². The van der Waals surface area contributed by atoms with E-state index in [1.165, 1.54) is 0 Å². The first-order valence-electron chi connectivity index (χ1n) is 7.01. The zero-order valence-electron chi connectivity index (χ0n) is 12.6. The number of nitrogens with one attached hydrogen (secondary N) is 1. The molecule has 0 aliphatic carbocycles. The van der Waals surface area contributed by atoms with Crippen molar-refractivity contribution in [3.05, 3.63) is 29.3 Å². The van der Waals surface area contributed by atoms with Gasteiger partial charge in [0.1, 0.15) is 5.75 Å². The molecule has 1 amide bonds. The van der Waals surface area contributed by atoms with Crippen LogP contribution < -0.4 is 10.1 Å². The monoisotopic (exact) mass is 277 g/mol.